The third kappa shape index (κ3) is 5.25. The van der Waals surface area contributed by atoms with Crippen LogP contribution >= 0.6 is 0 Å². The predicted octanol–water partition coefficient (Wildman–Crippen LogP) is 2.21. The highest BCUT2D eigenvalue weighted by Crippen LogP contribution is 2.28. The van der Waals surface area contributed by atoms with Crippen LogP contribution in [0, 0.1) is 11.8 Å². The second-order valence-corrected chi connectivity index (χ2v) is 5.18. The Morgan fingerprint density at radius 2 is 1.89 bits per heavy atom. The summed E-state index contributed by atoms with van der Waals surface area (Å²) >= 11 is 0. The summed E-state index contributed by atoms with van der Waals surface area (Å²) in [4.78, 5) is 11.8. The van der Waals surface area contributed by atoms with Crippen LogP contribution in [0.4, 0.5) is 13.2 Å². The first-order valence-electron chi connectivity index (χ1n) is 6.39. The molecule has 1 fully saturated rings. The fraction of sp³-hybridized carbons (Fsp3) is 0.917. The molecule has 0 aromatic carbocycles. The molecule has 18 heavy (non-hydrogen) atoms. The third-order valence-electron chi connectivity index (χ3n) is 3.48. The van der Waals surface area contributed by atoms with Gasteiger partial charge in [0, 0.05) is 12.0 Å². The molecule has 1 amide bonds. The van der Waals surface area contributed by atoms with Crippen LogP contribution in [0.2, 0.25) is 0 Å². The van der Waals surface area contributed by atoms with Crippen molar-refractivity contribution < 1.29 is 18.0 Å². The van der Waals surface area contributed by atoms with Crippen LogP contribution < -0.4 is 11.1 Å². The van der Waals surface area contributed by atoms with E-state index in [1.807, 2.05) is 0 Å². The van der Waals surface area contributed by atoms with Crippen molar-refractivity contribution in [1.29, 1.82) is 0 Å². The molecule has 0 aromatic heterocycles. The lowest BCUT2D eigenvalue weighted by Gasteiger charge is -2.28. The van der Waals surface area contributed by atoms with Gasteiger partial charge in [-0.1, -0.05) is 0 Å². The number of carbonyl (C=O) groups is 1. The van der Waals surface area contributed by atoms with Gasteiger partial charge in [0.25, 0.3) is 0 Å². The molecule has 0 bridgehead atoms. The molecule has 0 radical (unpaired) electrons. The highest BCUT2D eigenvalue weighted by atomic mass is 19.4. The minimum absolute atomic E-state index is 0.150. The average molecular weight is 266 g/mol. The Labute approximate surface area is 105 Å². The van der Waals surface area contributed by atoms with E-state index >= 15 is 0 Å². The minimum Gasteiger partial charge on any atom is -0.353 e. The monoisotopic (exact) mass is 266 g/mol. The topological polar surface area (TPSA) is 55.1 Å². The Balaban J connectivity index is 2.33. The Morgan fingerprint density at radius 3 is 2.33 bits per heavy atom. The summed E-state index contributed by atoms with van der Waals surface area (Å²) in [5, 5.41) is 2.45. The van der Waals surface area contributed by atoms with Crippen molar-refractivity contribution in [3.63, 3.8) is 0 Å². The standard InChI is InChI=1S/C12H21F3N2O/c1-8(6-12(13,14)15)17-11(18)10-4-2-9(7-16)3-5-10/h8-10H,2-7,16H2,1H3,(H,17,18). The number of carbonyl (C=O) groups excluding carboxylic acids is 1. The molecular weight excluding hydrogens is 245 g/mol. The molecule has 1 unspecified atom stereocenters. The first kappa shape index (κ1) is 15.3. The maximum Gasteiger partial charge on any atom is 0.391 e. The fourth-order valence-corrected chi connectivity index (χ4v) is 2.42. The van der Waals surface area contributed by atoms with Gasteiger partial charge in [-0.3, -0.25) is 4.79 Å². The smallest absolute Gasteiger partial charge is 0.353 e. The normalized spacial score (nSPS) is 26.7. The van der Waals surface area contributed by atoms with Gasteiger partial charge in [-0.2, -0.15) is 13.2 Å². The van der Waals surface area contributed by atoms with Crippen molar-refractivity contribution in [3.05, 3.63) is 0 Å². The van der Waals surface area contributed by atoms with E-state index in [1.54, 1.807) is 0 Å². The molecule has 0 heterocycles. The summed E-state index contributed by atoms with van der Waals surface area (Å²) in [6.45, 7) is 2.01. The fourth-order valence-electron chi connectivity index (χ4n) is 2.42. The van der Waals surface area contributed by atoms with Crippen molar-refractivity contribution in [1.82, 2.24) is 5.32 Å². The number of nitrogens with two attached hydrogens (primary N) is 1. The van der Waals surface area contributed by atoms with E-state index in [0.717, 1.165) is 25.7 Å². The number of rotatable bonds is 4. The van der Waals surface area contributed by atoms with Gasteiger partial charge in [0.1, 0.15) is 0 Å². The van der Waals surface area contributed by atoms with Crippen LogP contribution in [0.3, 0.4) is 0 Å². The van der Waals surface area contributed by atoms with Crippen LogP contribution in [-0.4, -0.2) is 24.7 Å². The quantitative estimate of drug-likeness (QED) is 0.819. The minimum atomic E-state index is -4.23. The van der Waals surface area contributed by atoms with E-state index in [-0.39, 0.29) is 11.8 Å². The van der Waals surface area contributed by atoms with E-state index in [0.29, 0.717) is 12.5 Å². The lowest BCUT2D eigenvalue weighted by Crippen LogP contribution is -2.41. The van der Waals surface area contributed by atoms with Crippen molar-refractivity contribution in [2.45, 2.75) is 51.2 Å². The zero-order valence-corrected chi connectivity index (χ0v) is 10.6. The Morgan fingerprint density at radius 1 is 1.33 bits per heavy atom. The first-order chi connectivity index (χ1) is 8.31. The van der Waals surface area contributed by atoms with Gasteiger partial charge in [0.05, 0.1) is 6.42 Å². The molecule has 1 aliphatic carbocycles. The van der Waals surface area contributed by atoms with E-state index in [1.165, 1.54) is 6.92 Å². The van der Waals surface area contributed by atoms with Crippen molar-refractivity contribution in [3.8, 4) is 0 Å². The molecule has 0 aliphatic heterocycles. The number of nitrogens with one attached hydrogen (secondary N) is 1. The van der Waals surface area contributed by atoms with Gasteiger partial charge in [0.2, 0.25) is 5.91 Å². The lowest BCUT2D eigenvalue weighted by atomic mass is 9.81. The number of amides is 1. The summed E-state index contributed by atoms with van der Waals surface area (Å²) < 4.78 is 36.4. The van der Waals surface area contributed by atoms with Crippen LogP contribution in [0.15, 0.2) is 0 Å². The van der Waals surface area contributed by atoms with E-state index in [2.05, 4.69) is 5.32 Å². The molecule has 0 spiro atoms. The highest BCUT2D eigenvalue weighted by Gasteiger charge is 2.32. The Hall–Kier alpha value is -0.780. The maximum absolute atomic E-state index is 12.1. The summed E-state index contributed by atoms with van der Waals surface area (Å²) in [6, 6.07) is -0.857. The zero-order valence-electron chi connectivity index (χ0n) is 10.6. The largest absolute Gasteiger partial charge is 0.391 e. The van der Waals surface area contributed by atoms with Gasteiger partial charge in [0.15, 0.2) is 0 Å². The first-order valence-corrected chi connectivity index (χ1v) is 6.39. The van der Waals surface area contributed by atoms with Crippen molar-refractivity contribution in [2.24, 2.45) is 17.6 Å². The Bertz CT molecular complexity index is 273. The second-order valence-electron chi connectivity index (χ2n) is 5.18. The SMILES string of the molecule is CC(CC(F)(F)F)NC(=O)C1CCC(CN)CC1. The van der Waals surface area contributed by atoms with E-state index in [4.69, 9.17) is 5.73 Å². The number of hydrogen-bond donors (Lipinski definition) is 2. The third-order valence-corrected chi connectivity index (χ3v) is 3.48. The van der Waals surface area contributed by atoms with E-state index < -0.39 is 18.6 Å². The molecule has 1 aliphatic rings. The Kier molecular flexibility index (Phi) is 5.44. The number of halogens is 3. The lowest BCUT2D eigenvalue weighted by molar-refractivity contribution is -0.142. The number of hydrogen-bond acceptors (Lipinski definition) is 2. The molecule has 6 heteroatoms. The average Bonchev–Trinajstić information content (AvgIpc) is 2.26. The second kappa shape index (κ2) is 6.41. The van der Waals surface area contributed by atoms with Crippen LogP contribution in [-0.2, 0) is 4.79 Å². The van der Waals surface area contributed by atoms with Gasteiger partial charge >= 0.3 is 6.18 Å². The van der Waals surface area contributed by atoms with Gasteiger partial charge in [-0.15, -0.1) is 0 Å². The van der Waals surface area contributed by atoms with Gasteiger partial charge in [-0.05, 0) is 45.1 Å². The molecular formula is C12H21F3N2O. The molecule has 1 atom stereocenters. The summed E-state index contributed by atoms with van der Waals surface area (Å²) in [7, 11) is 0. The van der Waals surface area contributed by atoms with Gasteiger partial charge < -0.3 is 11.1 Å². The van der Waals surface area contributed by atoms with Crippen molar-refractivity contribution >= 4 is 5.91 Å². The summed E-state index contributed by atoms with van der Waals surface area (Å²) in [5.74, 6) is 0.0624. The molecule has 1 saturated carbocycles. The maximum atomic E-state index is 12.1. The van der Waals surface area contributed by atoms with Crippen LogP contribution in [0.5, 0.6) is 0 Å². The molecule has 3 nitrogen and oxygen atoms in total. The molecule has 3 N–H and O–H groups in total. The van der Waals surface area contributed by atoms with E-state index in [9.17, 15) is 18.0 Å². The number of alkyl halides is 3. The van der Waals surface area contributed by atoms with Crippen LogP contribution in [0.25, 0.3) is 0 Å². The molecule has 1 rings (SSSR count). The van der Waals surface area contributed by atoms with Gasteiger partial charge in [-0.25, -0.2) is 0 Å². The predicted molar refractivity (Wildman–Crippen MR) is 62.8 cm³/mol. The molecule has 0 aromatic rings. The van der Waals surface area contributed by atoms with Crippen LogP contribution in [0.1, 0.15) is 39.0 Å². The molecule has 0 saturated heterocycles. The summed E-state index contributed by atoms with van der Waals surface area (Å²) in [5.41, 5.74) is 5.55. The molecule has 106 valence electrons. The van der Waals surface area contributed by atoms with Crippen molar-refractivity contribution in [2.75, 3.05) is 6.54 Å². The zero-order chi connectivity index (χ0) is 13.8. The highest BCUT2D eigenvalue weighted by molar-refractivity contribution is 5.78. The summed E-state index contributed by atoms with van der Waals surface area (Å²) in [6.07, 6.45) is -1.97.